The van der Waals surface area contributed by atoms with Gasteiger partial charge in [-0.05, 0) is 55.2 Å². The normalized spacial score (nSPS) is 12.0. The van der Waals surface area contributed by atoms with Crippen molar-refractivity contribution < 1.29 is 4.79 Å². The number of rotatable bonds is 6. The van der Waals surface area contributed by atoms with Crippen molar-refractivity contribution in [1.29, 1.82) is 0 Å². The summed E-state index contributed by atoms with van der Waals surface area (Å²) in [4.78, 5) is 12.1. The Morgan fingerprint density at radius 1 is 1.13 bits per heavy atom. The van der Waals surface area contributed by atoms with Gasteiger partial charge in [-0.2, -0.15) is 0 Å². The van der Waals surface area contributed by atoms with Crippen molar-refractivity contribution in [3.05, 3.63) is 69.2 Å². The molecule has 0 heterocycles. The van der Waals surface area contributed by atoms with Crippen LogP contribution in [0.2, 0.25) is 0 Å². The number of thioether (sulfide) groups is 1. The van der Waals surface area contributed by atoms with Gasteiger partial charge in [0.2, 0.25) is 5.91 Å². The predicted octanol–water partition coefficient (Wildman–Crippen LogP) is 5.18. The van der Waals surface area contributed by atoms with Crippen LogP contribution in [0.15, 0.2) is 46.9 Å². The van der Waals surface area contributed by atoms with E-state index in [4.69, 9.17) is 0 Å². The number of hydrogen-bond acceptors (Lipinski definition) is 2. The van der Waals surface area contributed by atoms with E-state index in [-0.39, 0.29) is 11.9 Å². The molecule has 2 aromatic rings. The highest BCUT2D eigenvalue weighted by molar-refractivity contribution is 9.10. The van der Waals surface area contributed by atoms with Crippen LogP contribution in [-0.4, -0.2) is 11.7 Å². The van der Waals surface area contributed by atoms with Crippen LogP contribution in [0.1, 0.15) is 35.2 Å². The van der Waals surface area contributed by atoms with Gasteiger partial charge < -0.3 is 5.32 Å². The zero-order chi connectivity index (χ0) is 16.8. The van der Waals surface area contributed by atoms with Gasteiger partial charge in [0.25, 0.3) is 0 Å². The number of halogens is 1. The zero-order valence-corrected chi connectivity index (χ0v) is 16.1. The first-order chi connectivity index (χ1) is 11.0. The molecule has 0 aliphatic carbocycles. The summed E-state index contributed by atoms with van der Waals surface area (Å²) in [5, 5.41) is 3.07. The summed E-state index contributed by atoms with van der Waals surface area (Å²) in [6, 6.07) is 14.6. The van der Waals surface area contributed by atoms with E-state index in [1.54, 1.807) is 11.8 Å². The number of carbonyl (C=O) groups is 1. The SMILES string of the molecule is Cc1ccc([C@H](C)NC(=O)CSCc2ccc(Br)cc2)cc1C. The molecule has 0 spiro atoms. The van der Waals surface area contributed by atoms with Gasteiger partial charge in [-0.25, -0.2) is 0 Å². The lowest BCUT2D eigenvalue weighted by molar-refractivity contribution is -0.119. The van der Waals surface area contributed by atoms with Crippen molar-refractivity contribution in [2.75, 3.05) is 5.75 Å². The van der Waals surface area contributed by atoms with Gasteiger partial charge in [0.1, 0.15) is 0 Å². The highest BCUT2D eigenvalue weighted by Gasteiger charge is 2.10. The van der Waals surface area contributed by atoms with Gasteiger partial charge in [0, 0.05) is 10.2 Å². The summed E-state index contributed by atoms with van der Waals surface area (Å²) in [6.45, 7) is 6.23. The number of nitrogens with one attached hydrogen (secondary N) is 1. The van der Waals surface area contributed by atoms with Crippen LogP contribution in [-0.2, 0) is 10.5 Å². The van der Waals surface area contributed by atoms with Gasteiger partial charge in [0.05, 0.1) is 11.8 Å². The van der Waals surface area contributed by atoms with E-state index in [1.165, 1.54) is 16.7 Å². The molecular formula is C19H22BrNOS. The minimum Gasteiger partial charge on any atom is -0.349 e. The second kappa shape index (κ2) is 8.55. The van der Waals surface area contributed by atoms with Crippen molar-refractivity contribution in [2.24, 2.45) is 0 Å². The monoisotopic (exact) mass is 391 g/mol. The van der Waals surface area contributed by atoms with E-state index in [1.807, 2.05) is 19.1 Å². The summed E-state index contributed by atoms with van der Waals surface area (Å²) in [5.41, 5.74) is 4.91. The number of hydrogen-bond donors (Lipinski definition) is 1. The van der Waals surface area contributed by atoms with E-state index in [2.05, 4.69) is 65.4 Å². The summed E-state index contributed by atoms with van der Waals surface area (Å²) in [7, 11) is 0. The van der Waals surface area contributed by atoms with Crippen LogP contribution in [0.4, 0.5) is 0 Å². The molecule has 2 rings (SSSR count). The second-order valence-electron chi connectivity index (χ2n) is 5.75. The molecule has 1 N–H and O–H groups in total. The van der Waals surface area contributed by atoms with Crippen molar-refractivity contribution in [3.8, 4) is 0 Å². The molecule has 4 heteroatoms. The maximum atomic E-state index is 12.1. The minimum atomic E-state index is 0.0371. The number of aryl methyl sites for hydroxylation is 2. The van der Waals surface area contributed by atoms with Crippen LogP contribution in [0.5, 0.6) is 0 Å². The largest absolute Gasteiger partial charge is 0.349 e. The average molecular weight is 392 g/mol. The summed E-state index contributed by atoms with van der Waals surface area (Å²) >= 11 is 5.06. The number of amides is 1. The molecule has 122 valence electrons. The molecule has 2 aromatic carbocycles. The fraction of sp³-hybridized carbons (Fsp3) is 0.316. The standard InChI is InChI=1S/C19H22BrNOS/c1-13-4-7-17(10-14(13)2)15(3)21-19(22)12-23-11-16-5-8-18(20)9-6-16/h4-10,15H,11-12H2,1-3H3,(H,21,22)/t15-/m0/s1. The molecule has 1 atom stereocenters. The lowest BCUT2D eigenvalue weighted by Gasteiger charge is -2.15. The van der Waals surface area contributed by atoms with Gasteiger partial charge in [-0.1, -0.05) is 46.3 Å². The first-order valence-electron chi connectivity index (χ1n) is 7.64. The third kappa shape index (κ3) is 5.70. The first-order valence-corrected chi connectivity index (χ1v) is 9.59. The Morgan fingerprint density at radius 3 is 2.48 bits per heavy atom. The lowest BCUT2D eigenvalue weighted by atomic mass is 10.0. The smallest absolute Gasteiger partial charge is 0.230 e. The topological polar surface area (TPSA) is 29.1 Å². The summed E-state index contributed by atoms with van der Waals surface area (Å²) < 4.78 is 1.08. The van der Waals surface area contributed by atoms with Crippen molar-refractivity contribution in [2.45, 2.75) is 32.6 Å². The lowest BCUT2D eigenvalue weighted by Crippen LogP contribution is -2.28. The molecule has 0 aliphatic heterocycles. The highest BCUT2D eigenvalue weighted by atomic mass is 79.9. The van der Waals surface area contributed by atoms with Crippen molar-refractivity contribution in [3.63, 3.8) is 0 Å². The van der Waals surface area contributed by atoms with Crippen LogP contribution in [0, 0.1) is 13.8 Å². The second-order valence-corrected chi connectivity index (χ2v) is 7.65. The molecular weight excluding hydrogens is 370 g/mol. The molecule has 1 amide bonds. The highest BCUT2D eigenvalue weighted by Crippen LogP contribution is 2.18. The van der Waals surface area contributed by atoms with Crippen LogP contribution in [0.3, 0.4) is 0 Å². The molecule has 0 unspecified atom stereocenters. The molecule has 0 fully saturated rings. The fourth-order valence-electron chi connectivity index (χ4n) is 2.24. The van der Waals surface area contributed by atoms with Crippen molar-refractivity contribution in [1.82, 2.24) is 5.32 Å². The van der Waals surface area contributed by atoms with E-state index < -0.39 is 0 Å². The van der Waals surface area contributed by atoms with Gasteiger partial charge in [-0.15, -0.1) is 11.8 Å². The Kier molecular flexibility index (Phi) is 6.72. The maximum Gasteiger partial charge on any atom is 0.230 e. The van der Waals surface area contributed by atoms with Gasteiger partial charge in [-0.3, -0.25) is 4.79 Å². The molecule has 0 aromatic heterocycles. The Labute approximate surface area is 151 Å². The molecule has 23 heavy (non-hydrogen) atoms. The summed E-state index contributed by atoms with van der Waals surface area (Å²) in [6.07, 6.45) is 0. The number of carbonyl (C=O) groups excluding carboxylic acids is 1. The Bertz CT molecular complexity index is 670. The van der Waals surface area contributed by atoms with Gasteiger partial charge in [0.15, 0.2) is 0 Å². The van der Waals surface area contributed by atoms with Crippen LogP contribution >= 0.6 is 27.7 Å². The molecule has 2 nitrogen and oxygen atoms in total. The zero-order valence-electron chi connectivity index (χ0n) is 13.7. The summed E-state index contributed by atoms with van der Waals surface area (Å²) in [5.74, 6) is 1.40. The van der Waals surface area contributed by atoms with E-state index in [9.17, 15) is 4.79 Å². The van der Waals surface area contributed by atoms with E-state index >= 15 is 0 Å². The predicted molar refractivity (Wildman–Crippen MR) is 103 cm³/mol. The minimum absolute atomic E-state index is 0.0371. The van der Waals surface area contributed by atoms with Crippen LogP contribution < -0.4 is 5.32 Å². The van der Waals surface area contributed by atoms with Gasteiger partial charge >= 0.3 is 0 Å². The molecule has 0 bridgehead atoms. The Balaban J connectivity index is 1.79. The third-order valence-electron chi connectivity index (χ3n) is 3.82. The third-order valence-corrected chi connectivity index (χ3v) is 5.36. The van der Waals surface area contributed by atoms with E-state index in [0.29, 0.717) is 5.75 Å². The molecule has 0 saturated heterocycles. The quantitative estimate of drug-likeness (QED) is 0.734. The number of benzene rings is 2. The van der Waals surface area contributed by atoms with Crippen LogP contribution in [0.25, 0.3) is 0 Å². The molecule has 0 radical (unpaired) electrons. The Hall–Kier alpha value is -1.26. The van der Waals surface area contributed by atoms with E-state index in [0.717, 1.165) is 15.8 Å². The van der Waals surface area contributed by atoms with Crippen molar-refractivity contribution >= 4 is 33.6 Å². The molecule has 0 aliphatic rings. The maximum absolute atomic E-state index is 12.1. The molecule has 0 saturated carbocycles. The fourth-order valence-corrected chi connectivity index (χ4v) is 3.31. The first kappa shape index (κ1) is 18.1. The Morgan fingerprint density at radius 2 is 1.83 bits per heavy atom. The average Bonchev–Trinajstić information content (AvgIpc) is 2.52.